The molecule has 0 N–H and O–H groups in total. The first kappa shape index (κ1) is 24.4. The van der Waals surface area contributed by atoms with Gasteiger partial charge in [-0.05, 0) is 44.9 Å². The molecule has 1 aliphatic rings. The maximum atomic E-state index is 13.0. The fourth-order valence-electron chi connectivity index (χ4n) is 4.50. The minimum Gasteiger partial charge on any atom is -0.362 e. The molecule has 3 heterocycles. The highest BCUT2D eigenvalue weighted by Crippen LogP contribution is 2.36. The summed E-state index contributed by atoms with van der Waals surface area (Å²) < 4.78 is 40.7. The average molecular weight is 490 g/mol. The molecule has 1 aromatic carbocycles. The molecule has 0 unspecified atom stereocenters. The van der Waals surface area contributed by atoms with Crippen LogP contribution in [0.15, 0.2) is 24.3 Å². The van der Waals surface area contributed by atoms with Gasteiger partial charge in [0.1, 0.15) is 5.69 Å². The third kappa shape index (κ3) is 4.91. The van der Waals surface area contributed by atoms with Gasteiger partial charge < -0.3 is 9.80 Å². The number of anilines is 1. The summed E-state index contributed by atoms with van der Waals surface area (Å²) in [6, 6.07) is 4.43. The summed E-state index contributed by atoms with van der Waals surface area (Å²) in [6.07, 6.45) is -3.89. The molecule has 186 valence electrons. The van der Waals surface area contributed by atoms with Crippen LogP contribution in [0, 0.1) is 30.9 Å². The lowest BCUT2D eigenvalue weighted by atomic mass is 10.1. The van der Waals surface area contributed by atoms with Crippen molar-refractivity contribution < 1.29 is 22.9 Å². The van der Waals surface area contributed by atoms with Gasteiger partial charge in [-0.25, -0.2) is 9.50 Å². The Hall–Kier alpha value is -3.70. The fraction of sp³-hybridized carbons (Fsp3) is 0.435. The van der Waals surface area contributed by atoms with E-state index in [-0.39, 0.29) is 31.1 Å². The van der Waals surface area contributed by atoms with Gasteiger partial charge in [0, 0.05) is 56.1 Å². The van der Waals surface area contributed by atoms with Crippen molar-refractivity contribution in [3.05, 3.63) is 62.6 Å². The van der Waals surface area contributed by atoms with Gasteiger partial charge in [0.05, 0.1) is 16.2 Å². The first-order valence-electron chi connectivity index (χ1n) is 11.2. The van der Waals surface area contributed by atoms with E-state index in [2.05, 4.69) is 10.1 Å². The summed E-state index contributed by atoms with van der Waals surface area (Å²) in [6.45, 7) is 6.97. The average Bonchev–Trinajstić information content (AvgIpc) is 3.18. The smallest absolute Gasteiger partial charge is 0.362 e. The number of benzene rings is 1. The van der Waals surface area contributed by atoms with Gasteiger partial charge in [-0.3, -0.25) is 14.9 Å². The molecule has 1 fully saturated rings. The molecule has 1 saturated heterocycles. The number of amides is 1. The molecule has 35 heavy (non-hydrogen) atoms. The zero-order valence-corrected chi connectivity index (χ0v) is 19.6. The minimum atomic E-state index is -4.67. The molecule has 0 spiro atoms. The molecule has 3 aromatic rings. The van der Waals surface area contributed by atoms with E-state index >= 15 is 0 Å². The normalized spacial score (nSPS) is 14.6. The number of nitrogens with zero attached hydrogens (tertiary/aromatic N) is 6. The van der Waals surface area contributed by atoms with Gasteiger partial charge in [-0.15, -0.1) is 0 Å². The van der Waals surface area contributed by atoms with E-state index in [0.717, 1.165) is 40.4 Å². The maximum absolute atomic E-state index is 13.0. The van der Waals surface area contributed by atoms with Crippen molar-refractivity contribution in [3.63, 3.8) is 0 Å². The summed E-state index contributed by atoms with van der Waals surface area (Å²) in [5.74, 6) is -0.0536. The molecule has 12 heteroatoms. The number of rotatable bonds is 5. The first-order valence-corrected chi connectivity index (χ1v) is 11.2. The second kappa shape index (κ2) is 9.16. The van der Waals surface area contributed by atoms with Crippen LogP contribution in [0.1, 0.15) is 34.6 Å². The van der Waals surface area contributed by atoms with Crippen molar-refractivity contribution in [2.75, 3.05) is 31.1 Å². The topological polar surface area (TPSA) is 96.9 Å². The van der Waals surface area contributed by atoms with E-state index < -0.39 is 22.4 Å². The number of piperazine rings is 1. The summed E-state index contributed by atoms with van der Waals surface area (Å²) in [4.78, 5) is 31.4. The van der Waals surface area contributed by atoms with Gasteiger partial charge in [-0.2, -0.15) is 18.3 Å². The molecule has 0 aliphatic carbocycles. The van der Waals surface area contributed by atoms with E-state index in [9.17, 15) is 28.1 Å². The Morgan fingerprint density at radius 2 is 1.80 bits per heavy atom. The number of fused-ring (bicyclic) bond motifs is 1. The summed E-state index contributed by atoms with van der Waals surface area (Å²) in [5, 5.41) is 15.9. The highest BCUT2D eigenvalue weighted by Gasteiger charge is 2.34. The Morgan fingerprint density at radius 1 is 1.11 bits per heavy atom. The van der Waals surface area contributed by atoms with Crippen molar-refractivity contribution in [1.29, 1.82) is 0 Å². The minimum absolute atomic E-state index is 0.0536. The first-order chi connectivity index (χ1) is 16.5. The van der Waals surface area contributed by atoms with Crippen LogP contribution in [0.3, 0.4) is 0 Å². The van der Waals surface area contributed by atoms with E-state index in [0.29, 0.717) is 25.6 Å². The van der Waals surface area contributed by atoms with Gasteiger partial charge >= 0.3 is 6.18 Å². The second-order valence-electron chi connectivity index (χ2n) is 8.64. The predicted molar refractivity (Wildman–Crippen MR) is 122 cm³/mol. The molecule has 2 aromatic heterocycles. The number of halogens is 3. The molecule has 9 nitrogen and oxygen atoms in total. The summed E-state index contributed by atoms with van der Waals surface area (Å²) >= 11 is 0. The number of nitro benzene ring substituents is 1. The highest BCUT2D eigenvalue weighted by molar-refractivity contribution is 5.77. The van der Waals surface area contributed by atoms with Crippen LogP contribution in [-0.2, 0) is 17.4 Å². The van der Waals surface area contributed by atoms with E-state index in [1.165, 1.54) is 0 Å². The number of aromatic nitrogens is 3. The van der Waals surface area contributed by atoms with Crippen LogP contribution >= 0.6 is 0 Å². The molecule has 0 bridgehead atoms. The molecule has 0 radical (unpaired) electrons. The predicted octanol–water partition coefficient (Wildman–Crippen LogP) is 3.86. The number of carbonyl (C=O) groups excluding carboxylic acids is 1. The van der Waals surface area contributed by atoms with Crippen LogP contribution in [0.4, 0.5) is 24.5 Å². The van der Waals surface area contributed by atoms with Crippen LogP contribution in [0.25, 0.3) is 5.65 Å². The third-order valence-electron chi connectivity index (χ3n) is 6.35. The number of nitro groups is 1. The van der Waals surface area contributed by atoms with Crippen molar-refractivity contribution in [2.24, 2.45) is 0 Å². The largest absolute Gasteiger partial charge is 0.416 e. The maximum Gasteiger partial charge on any atom is 0.416 e. The van der Waals surface area contributed by atoms with E-state index in [1.807, 2.05) is 26.8 Å². The fourth-order valence-corrected chi connectivity index (χ4v) is 4.50. The number of aryl methyl sites for hydroxylation is 3. The lowest BCUT2D eigenvalue weighted by Crippen LogP contribution is -2.49. The monoisotopic (exact) mass is 490 g/mol. The van der Waals surface area contributed by atoms with Crippen LogP contribution in [-0.4, -0.2) is 56.5 Å². The van der Waals surface area contributed by atoms with Crippen molar-refractivity contribution in [3.8, 4) is 0 Å². The van der Waals surface area contributed by atoms with Crippen LogP contribution in [0.2, 0.25) is 0 Å². The zero-order valence-electron chi connectivity index (χ0n) is 19.6. The SMILES string of the molecule is Cc1cc2nc(C)c(CCC(=O)N3CCN(c4ccc(C(F)(F)F)cc4[N+](=O)[O-])CC3)c(C)n2n1. The summed E-state index contributed by atoms with van der Waals surface area (Å²) in [7, 11) is 0. The molecular weight excluding hydrogens is 465 g/mol. The quantitative estimate of drug-likeness (QED) is 0.398. The van der Waals surface area contributed by atoms with Crippen molar-refractivity contribution in [1.82, 2.24) is 19.5 Å². The van der Waals surface area contributed by atoms with E-state index in [1.54, 1.807) is 14.3 Å². The molecule has 1 aliphatic heterocycles. The Morgan fingerprint density at radius 3 is 2.43 bits per heavy atom. The number of hydrogen-bond donors (Lipinski definition) is 0. The lowest BCUT2D eigenvalue weighted by Gasteiger charge is -2.36. The van der Waals surface area contributed by atoms with E-state index in [4.69, 9.17) is 0 Å². The van der Waals surface area contributed by atoms with Crippen molar-refractivity contribution in [2.45, 2.75) is 39.8 Å². The molecule has 1 amide bonds. The van der Waals surface area contributed by atoms with Gasteiger partial charge in [0.25, 0.3) is 5.69 Å². The van der Waals surface area contributed by atoms with Crippen LogP contribution < -0.4 is 4.90 Å². The van der Waals surface area contributed by atoms with Crippen molar-refractivity contribution >= 4 is 22.9 Å². The number of carbonyl (C=O) groups is 1. The van der Waals surface area contributed by atoms with Gasteiger partial charge in [0.2, 0.25) is 5.91 Å². The number of hydrogen-bond acceptors (Lipinski definition) is 6. The Bertz CT molecular complexity index is 1300. The number of alkyl halides is 3. The van der Waals surface area contributed by atoms with Gasteiger partial charge in [-0.1, -0.05) is 0 Å². The zero-order chi connectivity index (χ0) is 25.5. The van der Waals surface area contributed by atoms with Crippen LogP contribution in [0.5, 0.6) is 0 Å². The standard InChI is InChI=1S/C23H25F3N6O3/c1-14-12-21-27-15(2)18(16(3)31(21)28-14)5-7-22(33)30-10-8-29(9-11-30)19-6-4-17(23(24,25)26)13-20(19)32(34)35/h4,6,12-13H,5,7-11H2,1-3H3. The highest BCUT2D eigenvalue weighted by atomic mass is 19.4. The lowest BCUT2D eigenvalue weighted by molar-refractivity contribution is -0.384. The molecule has 0 saturated carbocycles. The second-order valence-corrected chi connectivity index (χ2v) is 8.64. The Labute approximate surface area is 199 Å². The molecule has 0 atom stereocenters. The Balaban J connectivity index is 1.41. The third-order valence-corrected chi connectivity index (χ3v) is 6.35. The summed E-state index contributed by atoms with van der Waals surface area (Å²) in [5.41, 5.74) is 2.84. The Kier molecular flexibility index (Phi) is 6.39. The van der Waals surface area contributed by atoms with Gasteiger partial charge in [0.15, 0.2) is 5.65 Å². The molecular formula is C23H25F3N6O3. The molecule has 4 rings (SSSR count).